The van der Waals surface area contributed by atoms with Crippen molar-refractivity contribution in [2.45, 2.75) is 32.3 Å². The molecule has 3 N–H and O–H groups in total. The van der Waals surface area contributed by atoms with Gasteiger partial charge in [-0.05, 0) is 30.5 Å². The summed E-state index contributed by atoms with van der Waals surface area (Å²) in [5, 5.41) is 21.1. The van der Waals surface area contributed by atoms with Crippen LogP contribution in [0.5, 0.6) is 0 Å². The highest BCUT2D eigenvalue weighted by Crippen LogP contribution is 2.25. The lowest BCUT2D eigenvalue weighted by atomic mass is 10.0. The SMILES string of the molecule is CC(C)c1ccc(C(=O)NCC(C)(O)C(=O)O)cc1Cl. The smallest absolute Gasteiger partial charge is 0.337 e. The van der Waals surface area contributed by atoms with Crippen molar-refractivity contribution < 1.29 is 19.8 Å². The first kappa shape index (κ1) is 16.5. The molecule has 0 aromatic heterocycles. The minimum Gasteiger partial charge on any atom is -0.479 e. The number of nitrogens with one attached hydrogen (secondary N) is 1. The van der Waals surface area contributed by atoms with Gasteiger partial charge >= 0.3 is 5.97 Å². The van der Waals surface area contributed by atoms with Gasteiger partial charge in [0.05, 0.1) is 6.54 Å². The van der Waals surface area contributed by atoms with Gasteiger partial charge in [-0.1, -0.05) is 31.5 Å². The minimum atomic E-state index is -2.00. The topological polar surface area (TPSA) is 86.6 Å². The molecular weight excluding hydrogens is 282 g/mol. The number of aliphatic hydroxyl groups is 1. The Hall–Kier alpha value is -1.59. The molecule has 0 saturated carbocycles. The van der Waals surface area contributed by atoms with Gasteiger partial charge in [0.25, 0.3) is 5.91 Å². The molecule has 1 aromatic carbocycles. The van der Waals surface area contributed by atoms with Crippen molar-refractivity contribution in [3.63, 3.8) is 0 Å². The summed E-state index contributed by atoms with van der Waals surface area (Å²) < 4.78 is 0. The zero-order valence-electron chi connectivity index (χ0n) is 11.6. The number of carboxylic acids is 1. The zero-order chi connectivity index (χ0) is 15.5. The molecule has 0 aliphatic heterocycles. The highest BCUT2D eigenvalue weighted by molar-refractivity contribution is 6.31. The molecule has 1 aromatic rings. The van der Waals surface area contributed by atoms with Crippen LogP contribution in [0.4, 0.5) is 0 Å². The first-order chi connectivity index (χ1) is 9.15. The lowest BCUT2D eigenvalue weighted by Crippen LogP contribution is -2.46. The molecule has 20 heavy (non-hydrogen) atoms. The van der Waals surface area contributed by atoms with Gasteiger partial charge in [-0.2, -0.15) is 0 Å². The van der Waals surface area contributed by atoms with E-state index in [1.54, 1.807) is 12.1 Å². The number of rotatable bonds is 5. The second-order valence-corrected chi connectivity index (χ2v) is 5.56. The quantitative estimate of drug-likeness (QED) is 0.776. The van der Waals surface area contributed by atoms with E-state index in [9.17, 15) is 14.7 Å². The van der Waals surface area contributed by atoms with E-state index < -0.39 is 17.5 Å². The number of hydrogen-bond acceptors (Lipinski definition) is 3. The number of aliphatic carboxylic acids is 1. The van der Waals surface area contributed by atoms with Crippen LogP contribution in [0.25, 0.3) is 0 Å². The maximum atomic E-state index is 11.9. The fourth-order valence-corrected chi connectivity index (χ4v) is 1.97. The van der Waals surface area contributed by atoms with Crippen molar-refractivity contribution in [2.24, 2.45) is 0 Å². The zero-order valence-corrected chi connectivity index (χ0v) is 12.4. The van der Waals surface area contributed by atoms with Gasteiger partial charge < -0.3 is 15.5 Å². The molecule has 1 unspecified atom stereocenters. The maximum absolute atomic E-state index is 11.9. The van der Waals surface area contributed by atoms with Crippen LogP contribution in [0.1, 0.15) is 42.6 Å². The van der Waals surface area contributed by atoms with Crippen molar-refractivity contribution >= 4 is 23.5 Å². The number of carboxylic acid groups (broad SMARTS) is 1. The third-order valence-corrected chi connectivity index (χ3v) is 3.27. The van der Waals surface area contributed by atoms with Crippen molar-refractivity contribution in [3.05, 3.63) is 34.3 Å². The third-order valence-electron chi connectivity index (χ3n) is 2.94. The van der Waals surface area contributed by atoms with Crippen LogP contribution in [-0.2, 0) is 4.79 Å². The second kappa shape index (κ2) is 6.24. The summed E-state index contributed by atoms with van der Waals surface area (Å²) in [6.45, 7) is 4.71. The number of carbonyl (C=O) groups excluding carboxylic acids is 1. The number of halogens is 1. The number of benzene rings is 1. The lowest BCUT2D eigenvalue weighted by Gasteiger charge is -2.18. The largest absolute Gasteiger partial charge is 0.479 e. The van der Waals surface area contributed by atoms with Gasteiger partial charge in [-0.15, -0.1) is 0 Å². The van der Waals surface area contributed by atoms with Gasteiger partial charge in [-0.3, -0.25) is 4.79 Å². The molecule has 1 atom stereocenters. The second-order valence-electron chi connectivity index (χ2n) is 5.15. The molecule has 0 aliphatic carbocycles. The number of carbonyl (C=O) groups is 2. The fourth-order valence-electron chi connectivity index (χ4n) is 1.57. The lowest BCUT2D eigenvalue weighted by molar-refractivity contribution is -0.155. The molecule has 0 aliphatic rings. The highest BCUT2D eigenvalue weighted by Gasteiger charge is 2.30. The van der Waals surface area contributed by atoms with Crippen LogP contribution in [0.15, 0.2) is 18.2 Å². The van der Waals surface area contributed by atoms with Crippen LogP contribution < -0.4 is 5.32 Å². The Morgan fingerprint density at radius 1 is 1.40 bits per heavy atom. The molecule has 0 fully saturated rings. The van der Waals surface area contributed by atoms with Crippen LogP contribution in [0, 0.1) is 0 Å². The van der Waals surface area contributed by atoms with E-state index in [-0.39, 0.29) is 12.5 Å². The summed E-state index contributed by atoms with van der Waals surface area (Å²) >= 11 is 6.09. The summed E-state index contributed by atoms with van der Waals surface area (Å²) in [6.07, 6.45) is 0. The van der Waals surface area contributed by atoms with E-state index in [1.807, 2.05) is 13.8 Å². The Labute approximate surface area is 122 Å². The normalized spacial score (nSPS) is 13.9. The molecule has 110 valence electrons. The monoisotopic (exact) mass is 299 g/mol. The van der Waals surface area contributed by atoms with E-state index in [1.165, 1.54) is 6.07 Å². The van der Waals surface area contributed by atoms with Gasteiger partial charge in [0.1, 0.15) is 0 Å². The molecular formula is C14H18ClNO4. The van der Waals surface area contributed by atoms with Gasteiger partial charge in [0.15, 0.2) is 5.60 Å². The van der Waals surface area contributed by atoms with Crippen molar-refractivity contribution in [3.8, 4) is 0 Å². The number of amides is 1. The van der Waals surface area contributed by atoms with E-state index in [0.29, 0.717) is 10.6 Å². The molecule has 1 amide bonds. The molecule has 6 heteroatoms. The van der Waals surface area contributed by atoms with Crippen LogP contribution in [-0.4, -0.2) is 34.2 Å². The van der Waals surface area contributed by atoms with E-state index in [2.05, 4.69) is 5.32 Å². The Bertz CT molecular complexity index is 526. The molecule has 0 bridgehead atoms. The standard InChI is InChI=1S/C14H18ClNO4/c1-8(2)10-5-4-9(6-11(10)15)12(17)16-7-14(3,20)13(18)19/h4-6,8,20H,7H2,1-3H3,(H,16,17)(H,18,19). The summed E-state index contributed by atoms with van der Waals surface area (Å²) in [5.41, 5.74) is -0.751. The van der Waals surface area contributed by atoms with Crippen molar-refractivity contribution in [1.82, 2.24) is 5.32 Å². The average Bonchev–Trinajstić information content (AvgIpc) is 2.35. The van der Waals surface area contributed by atoms with E-state index >= 15 is 0 Å². The summed E-state index contributed by atoms with van der Waals surface area (Å²) in [7, 11) is 0. The molecule has 0 spiro atoms. The van der Waals surface area contributed by atoms with Crippen LogP contribution in [0.2, 0.25) is 5.02 Å². The van der Waals surface area contributed by atoms with Crippen molar-refractivity contribution in [2.75, 3.05) is 6.54 Å². The summed E-state index contributed by atoms with van der Waals surface area (Å²) in [5.74, 6) is -1.64. The third kappa shape index (κ3) is 3.95. The highest BCUT2D eigenvalue weighted by atomic mass is 35.5. The Morgan fingerprint density at radius 3 is 2.45 bits per heavy atom. The molecule has 0 heterocycles. The maximum Gasteiger partial charge on any atom is 0.337 e. The predicted octanol–water partition coefficient (Wildman–Crippen LogP) is 2.03. The number of hydrogen-bond donors (Lipinski definition) is 3. The van der Waals surface area contributed by atoms with E-state index in [4.69, 9.17) is 16.7 Å². The van der Waals surface area contributed by atoms with Gasteiger partial charge in [0.2, 0.25) is 0 Å². The average molecular weight is 300 g/mol. The molecule has 0 radical (unpaired) electrons. The van der Waals surface area contributed by atoms with E-state index in [0.717, 1.165) is 12.5 Å². The molecule has 5 nitrogen and oxygen atoms in total. The summed E-state index contributed by atoms with van der Waals surface area (Å²) in [6, 6.07) is 4.91. The minimum absolute atomic E-state index is 0.243. The Morgan fingerprint density at radius 2 is 2.00 bits per heavy atom. The van der Waals surface area contributed by atoms with Crippen LogP contribution >= 0.6 is 11.6 Å². The predicted molar refractivity (Wildman–Crippen MR) is 76.1 cm³/mol. The van der Waals surface area contributed by atoms with Crippen LogP contribution in [0.3, 0.4) is 0 Å². The summed E-state index contributed by atoms with van der Waals surface area (Å²) in [4.78, 5) is 22.6. The van der Waals surface area contributed by atoms with Crippen molar-refractivity contribution in [1.29, 1.82) is 0 Å². The first-order valence-electron chi connectivity index (χ1n) is 6.18. The first-order valence-corrected chi connectivity index (χ1v) is 6.56. The fraction of sp³-hybridized carbons (Fsp3) is 0.429. The Kier molecular flexibility index (Phi) is 5.14. The Balaban J connectivity index is 2.79. The van der Waals surface area contributed by atoms with Gasteiger partial charge in [0, 0.05) is 10.6 Å². The molecule has 0 saturated heterocycles. The van der Waals surface area contributed by atoms with Gasteiger partial charge in [-0.25, -0.2) is 4.79 Å². The molecule has 1 rings (SSSR count).